The molecule has 1 N–H and O–H groups in total. The van der Waals surface area contributed by atoms with Gasteiger partial charge in [0, 0.05) is 25.0 Å². The maximum atomic E-state index is 13.3. The molecule has 3 nitrogen and oxygen atoms in total. The Bertz CT molecular complexity index is 491. The number of carbonyl (C=O) groups excluding carboxylic acids is 1. The van der Waals surface area contributed by atoms with Crippen molar-refractivity contribution in [1.29, 1.82) is 0 Å². The van der Waals surface area contributed by atoms with Crippen LogP contribution >= 0.6 is 0 Å². The first kappa shape index (κ1) is 13.6. The van der Waals surface area contributed by atoms with Crippen LogP contribution in [0.5, 0.6) is 0 Å². The van der Waals surface area contributed by atoms with E-state index in [1.165, 1.54) is 12.1 Å². The molecule has 0 aromatic heterocycles. The zero-order valence-electron chi connectivity index (χ0n) is 11.6. The third kappa shape index (κ3) is 2.85. The number of hydrogen-bond acceptors (Lipinski definition) is 2. The van der Waals surface area contributed by atoms with E-state index in [4.69, 9.17) is 0 Å². The number of benzene rings is 1. The van der Waals surface area contributed by atoms with Crippen LogP contribution in [-0.4, -0.2) is 29.4 Å². The van der Waals surface area contributed by atoms with E-state index in [1.807, 2.05) is 11.0 Å². The quantitative estimate of drug-likeness (QED) is 0.900. The Morgan fingerprint density at radius 2 is 2.20 bits per heavy atom. The van der Waals surface area contributed by atoms with Crippen LogP contribution in [0.1, 0.15) is 37.7 Å². The molecule has 108 valence electrons. The predicted octanol–water partition coefficient (Wildman–Crippen LogP) is 2.46. The number of nitrogens with one attached hydrogen (secondary N) is 1. The van der Waals surface area contributed by atoms with Gasteiger partial charge >= 0.3 is 0 Å². The molecule has 2 aliphatic heterocycles. The number of likely N-dealkylation sites (tertiary alicyclic amines) is 1. The van der Waals surface area contributed by atoms with Gasteiger partial charge in [0.25, 0.3) is 0 Å². The highest BCUT2D eigenvalue weighted by atomic mass is 19.1. The minimum absolute atomic E-state index is 0.213. The molecule has 4 heteroatoms. The molecular formula is C16H21FN2O. The zero-order chi connectivity index (χ0) is 13.9. The van der Waals surface area contributed by atoms with Gasteiger partial charge in [-0.3, -0.25) is 4.79 Å². The number of rotatable bonds is 2. The van der Waals surface area contributed by atoms with Crippen molar-refractivity contribution in [2.75, 3.05) is 6.54 Å². The molecule has 0 spiro atoms. The first-order valence-electron chi connectivity index (χ1n) is 7.51. The molecule has 20 heavy (non-hydrogen) atoms. The van der Waals surface area contributed by atoms with Crippen LogP contribution in [0.3, 0.4) is 0 Å². The molecule has 1 aromatic carbocycles. The van der Waals surface area contributed by atoms with Gasteiger partial charge in [-0.15, -0.1) is 0 Å². The molecule has 2 heterocycles. The topological polar surface area (TPSA) is 32.3 Å². The summed E-state index contributed by atoms with van der Waals surface area (Å²) in [4.78, 5) is 14.3. The van der Waals surface area contributed by atoms with Crippen LogP contribution in [0.15, 0.2) is 24.3 Å². The van der Waals surface area contributed by atoms with Gasteiger partial charge in [-0.2, -0.15) is 0 Å². The summed E-state index contributed by atoms with van der Waals surface area (Å²) >= 11 is 0. The minimum Gasteiger partial charge on any atom is -0.334 e. The number of halogens is 1. The number of amides is 1. The van der Waals surface area contributed by atoms with E-state index < -0.39 is 0 Å². The summed E-state index contributed by atoms with van der Waals surface area (Å²) in [5.74, 6) is -0.0199. The van der Waals surface area contributed by atoms with Crippen LogP contribution in [-0.2, 0) is 11.3 Å². The molecule has 0 unspecified atom stereocenters. The van der Waals surface area contributed by atoms with Gasteiger partial charge in [0.2, 0.25) is 5.91 Å². The van der Waals surface area contributed by atoms with Gasteiger partial charge in [0.15, 0.2) is 0 Å². The van der Waals surface area contributed by atoms with Crippen molar-refractivity contribution in [2.45, 2.75) is 50.7 Å². The van der Waals surface area contributed by atoms with E-state index in [1.54, 1.807) is 6.07 Å². The van der Waals surface area contributed by atoms with E-state index >= 15 is 0 Å². The molecule has 2 fully saturated rings. The Labute approximate surface area is 119 Å². The fourth-order valence-electron chi connectivity index (χ4n) is 3.44. The molecule has 0 aliphatic carbocycles. The summed E-state index contributed by atoms with van der Waals surface area (Å²) in [6.45, 7) is 1.57. The number of carbonyl (C=O) groups is 1. The van der Waals surface area contributed by atoms with Crippen molar-refractivity contribution in [3.63, 3.8) is 0 Å². The molecule has 1 aromatic rings. The Morgan fingerprint density at radius 3 is 3.05 bits per heavy atom. The van der Waals surface area contributed by atoms with Gasteiger partial charge < -0.3 is 10.2 Å². The lowest BCUT2D eigenvalue weighted by Gasteiger charge is -2.39. The first-order chi connectivity index (χ1) is 9.74. The van der Waals surface area contributed by atoms with Crippen LogP contribution in [0, 0.1) is 5.82 Å². The average molecular weight is 276 g/mol. The van der Waals surface area contributed by atoms with Gasteiger partial charge in [0.1, 0.15) is 5.82 Å². The number of hydrogen-bond donors (Lipinski definition) is 1. The fourth-order valence-corrected chi connectivity index (χ4v) is 3.44. The maximum Gasteiger partial charge on any atom is 0.223 e. The second kappa shape index (κ2) is 5.92. The third-order valence-electron chi connectivity index (χ3n) is 4.42. The lowest BCUT2D eigenvalue weighted by Crippen LogP contribution is -2.53. The molecule has 1 amide bonds. The van der Waals surface area contributed by atoms with Crippen LogP contribution in [0.25, 0.3) is 0 Å². The van der Waals surface area contributed by atoms with E-state index in [0.717, 1.165) is 37.8 Å². The van der Waals surface area contributed by atoms with Crippen LogP contribution in [0.4, 0.5) is 4.39 Å². The third-order valence-corrected chi connectivity index (χ3v) is 4.42. The first-order valence-corrected chi connectivity index (χ1v) is 7.51. The smallest absolute Gasteiger partial charge is 0.223 e. The SMILES string of the molecule is O=C1CCC[C@H]2NCCC[C@@H]2N1Cc1cccc(F)c1. The lowest BCUT2D eigenvalue weighted by atomic mass is 9.94. The molecule has 2 saturated heterocycles. The van der Waals surface area contributed by atoms with Crippen molar-refractivity contribution in [3.05, 3.63) is 35.6 Å². The summed E-state index contributed by atoms with van der Waals surface area (Å²) in [7, 11) is 0. The van der Waals surface area contributed by atoms with Gasteiger partial charge in [-0.25, -0.2) is 4.39 Å². The highest BCUT2D eigenvalue weighted by molar-refractivity contribution is 5.77. The minimum atomic E-state index is -0.233. The van der Waals surface area contributed by atoms with E-state index in [0.29, 0.717) is 19.0 Å². The van der Waals surface area contributed by atoms with Gasteiger partial charge in [-0.05, 0) is 49.9 Å². The van der Waals surface area contributed by atoms with Crippen molar-refractivity contribution < 1.29 is 9.18 Å². The molecular weight excluding hydrogens is 255 g/mol. The monoisotopic (exact) mass is 276 g/mol. The second-order valence-electron chi connectivity index (χ2n) is 5.81. The summed E-state index contributed by atoms with van der Waals surface area (Å²) < 4.78 is 13.3. The second-order valence-corrected chi connectivity index (χ2v) is 5.81. The zero-order valence-corrected chi connectivity index (χ0v) is 11.6. The van der Waals surface area contributed by atoms with Crippen molar-refractivity contribution in [3.8, 4) is 0 Å². The molecule has 0 radical (unpaired) electrons. The highest BCUT2D eigenvalue weighted by Gasteiger charge is 2.34. The Morgan fingerprint density at radius 1 is 1.30 bits per heavy atom. The summed E-state index contributed by atoms with van der Waals surface area (Å²) in [5, 5.41) is 3.54. The number of fused-ring (bicyclic) bond motifs is 1. The van der Waals surface area contributed by atoms with Crippen molar-refractivity contribution in [1.82, 2.24) is 10.2 Å². The Kier molecular flexibility index (Phi) is 4.01. The standard InChI is InChI=1S/C16H21FN2O/c17-13-5-1-4-12(10-13)11-19-15-7-3-9-18-14(15)6-2-8-16(19)20/h1,4-5,10,14-15,18H,2-3,6-9,11H2/t14-,15+/m1/s1. The van der Waals surface area contributed by atoms with Gasteiger partial charge in [-0.1, -0.05) is 12.1 Å². The molecule has 0 bridgehead atoms. The van der Waals surface area contributed by atoms with E-state index in [-0.39, 0.29) is 17.8 Å². The summed E-state index contributed by atoms with van der Waals surface area (Å²) in [6, 6.07) is 7.25. The van der Waals surface area contributed by atoms with E-state index in [2.05, 4.69) is 5.32 Å². The molecule has 2 aliphatic rings. The predicted molar refractivity (Wildman–Crippen MR) is 75.6 cm³/mol. The molecule has 3 rings (SSSR count). The lowest BCUT2D eigenvalue weighted by molar-refractivity contribution is -0.134. The van der Waals surface area contributed by atoms with Crippen LogP contribution in [0.2, 0.25) is 0 Å². The van der Waals surface area contributed by atoms with Crippen molar-refractivity contribution >= 4 is 5.91 Å². The van der Waals surface area contributed by atoms with Crippen molar-refractivity contribution in [2.24, 2.45) is 0 Å². The average Bonchev–Trinajstić information content (AvgIpc) is 2.59. The molecule has 2 atom stereocenters. The fraction of sp³-hybridized carbons (Fsp3) is 0.562. The summed E-state index contributed by atoms with van der Waals surface area (Å²) in [6.07, 6.45) is 4.79. The highest BCUT2D eigenvalue weighted by Crippen LogP contribution is 2.26. The normalized spacial score (nSPS) is 27.1. The Hall–Kier alpha value is -1.42. The number of piperidine rings is 1. The van der Waals surface area contributed by atoms with E-state index in [9.17, 15) is 9.18 Å². The van der Waals surface area contributed by atoms with Crippen LogP contribution < -0.4 is 5.32 Å². The Balaban J connectivity index is 1.81. The largest absolute Gasteiger partial charge is 0.334 e. The number of nitrogens with zero attached hydrogens (tertiary/aromatic N) is 1. The maximum absolute atomic E-state index is 13.3. The van der Waals surface area contributed by atoms with Gasteiger partial charge in [0.05, 0.1) is 0 Å². The molecule has 0 saturated carbocycles. The summed E-state index contributed by atoms with van der Waals surface area (Å²) in [5.41, 5.74) is 0.879.